The van der Waals surface area contributed by atoms with Crippen molar-refractivity contribution < 1.29 is 4.39 Å². The third-order valence-corrected chi connectivity index (χ3v) is 5.00. The molecule has 100 valence electrons. The van der Waals surface area contributed by atoms with Crippen molar-refractivity contribution in [3.05, 3.63) is 67.3 Å². The number of hydrogen-bond donors (Lipinski definition) is 1. The molecule has 0 saturated heterocycles. The summed E-state index contributed by atoms with van der Waals surface area (Å²) in [6.07, 6.45) is 0. The van der Waals surface area contributed by atoms with Crippen LogP contribution in [0, 0.1) is 19.7 Å². The molecule has 0 fully saturated rings. The lowest BCUT2D eigenvalue weighted by molar-refractivity contribution is 0.593. The van der Waals surface area contributed by atoms with Crippen LogP contribution in [0.4, 0.5) is 4.39 Å². The molecule has 0 radical (unpaired) electrons. The van der Waals surface area contributed by atoms with Crippen molar-refractivity contribution in [2.24, 2.45) is 5.73 Å². The fourth-order valence-electron chi connectivity index (χ4n) is 2.10. The van der Waals surface area contributed by atoms with Gasteiger partial charge < -0.3 is 5.73 Å². The van der Waals surface area contributed by atoms with Crippen LogP contribution in [-0.4, -0.2) is 0 Å². The third-order valence-electron chi connectivity index (χ3n) is 3.13. The lowest BCUT2D eigenvalue weighted by Crippen LogP contribution is -2.14. The second-order valence-electron chi connectivity index (χ2n) is 4.59. The lowest BCUT2D eigenvalue weighted by atomic mass is 9.96. The summed E-state index contributed by atoms with van der Waals surface area (Å²) in [4.78, 5) is 0. The predicted octanol–water partition coefficient (Wildman–Crippen LogP) is 5.02. The normalized spacial score (nSPS) is 12.5. The fourth-order valence-corrected chi connectivity index (χ4v) is 2.71. The summed E-state index contributed by atoms with van der Waals surface area (Å²) in [5, 5.41) is 0. The van der Waals surface area contributed by atoms with Crippen molar-refractivity contribution in [1.82, 2.24) is 0 Å². The van der Waals surface area contributed by atoms with E-state index in [1.54, 1.807) is 18.2 Å². The molecule has 2 aromatic rings. The predicted molar refractivity (Wildman–Crippen MR) is 83.7 cm³/mol. The van der Waals surface area contributed by atoms with Crippen molar-refractivity contribution >= 4 is 31.9 Å². The molecule has 0 spiro atoms. The van der Waals surface area contributed by atoms with Crippen molar-refractivity contribution in [3.63, 3.8) is 0 Å². The first-order chi connectivity index (χ1) is 8.91. The van der Waals surface area contributed by atoms with Crippen LogP contribution in [0.3, 0.4) is 0 Å². The van der Waals surface area contributed by atoms with Crippen LogP contribution in [0.5, 0.6) is 0 Å². The van der Waals surface area contributed by atoms with Crippen LogP contribution in [-0.2, 0) is 0 Å². The topological polar surface area (TPSA) is 26.0 Å². The highest BCUT2D eigenvalue weighted by atomic mass is 79.9. The number of aryl methyl sites for hydroxylation is 2. The standard InChI is InChI=1S/C15H14Br2FN/c1-8-6-10(7-9(2)13(8)17)15(19)11-4-3-5-12(16)14(11)18/h3-7,15H,19H2,1-2H3. The van der Waals surface area contributed by atoms with Crippen molar-refractivity contribution in [3.8, 4) is 0 Å². The Labute approximate surface area is 129 Å². The maximum absolute atomic E-state index is 14.1. The highest BCUT2D eigenvalue weighted by Gasteiger charge is 2.16. The summed E-state index contributed by atoms with van der Waals surface area (Å²) < 4.78 is 15.6. The molecule has 1 nitrogen and oxygen atoms in total. The van der Waals surface area contributed by atoms with Gasteiger partial charge in [0.2, 0.25) is 0 Å². The van der Waals surface area contributed by atoms with E-state index >= 15 is 0 Å². The van der Waals surface area contributed by atoms with Gasteiger partial charge in [-0.15, -0.1) is 0 Å². The van der Waals surface area contributed by atoms with Gasteiger partial charge in [0.1, 0.15) is 5.82 Å². The molecule has 0 heterocycles. The van der Waals surface area contributed by atoms with E-state index in [-0.39, 0.29) is 5.82 Å². The Hall–Kier alpha value is -0.710. The van der Waals surface area contributed by atoms with Gasteiger partial charge >= 0.3 is 0 Å². The van der Waals surface area contributed by atoms with Gasteiger partial charge in [-0.2, -0.15) is 0 Å². The summed E-state index contributed by atoms with van der Waals surface area (Å²) in [6, 6.07) is 8.69. The van der Waals surface area contributed by atoms with Gasteiger partial charge in [0.05, 0.1) is 10.5 Å². The van der Waals surface area contributed by atoms with Gasteiger partial charge in [-0.05, 0) is 52.5 Å². The highest BCUT2D eigenvalue weighted by molar-refractivity contribution is 9.10. The quantitative estimate of drug-likeness (QED) is 0.770. The first kappa shape index (κ1) is 14.7. The summed E-state index contributed by atoms with van der Waals surface area (Å²) in [6.45, 7) is 4.01. The molecule has 1 unspecified atom stereocenters. The van der Waals surface area contributed by atoms with E-state index in [9.17, 15) is 4.39 Å². The number of rotatable bonds is 2. The maximum Gasteiger partial charge on any atom is 0.142 e. The molecular weight excluding hydrogens is 373 g/mol. The van der Waals surface area contributed by atoms with Gasteiger partial charge in [-0.25, -0.2) is 4.39 Å². The maximum atomic E-state index is 14.1. The fraction of sp³-hybridized carbons (Fsp3) is 0.200. The van der Waals surface area contributed by atoms with Crippen molar-refractivity contribution in [2.75, 3.05) is 0 Å². The number of halogens is 3. The SMILES string of the molecule is Cc1cc(C(N)c2cccc(Br)c2F)cc(C)c1Br. The Balaban J connectivity index is 2.50. The molecule has 0 aromatic heterocycles. The third kappa shape index (κ3) is 2.91. The number of benzene rings is 2. The van der Waals surface area contributed by atoms with Crippen LogP contribution < -0.4 is 5.73 Å². The zero-order valence-corrected chi connectivity index (χ0v) is 13.8. The highest BCUT2D eigenvalue weighted by Crippen LogP contribution is 2.30. The molecular formula is C15H14Br2FN. The van der Waals surface area contributed by atoms with E-state index in [0.29, 0.717) is 10.0 Å². The molecule has 2 rings (SSSR count). The Morgan fingerprint density at radius 1 is 1.11 bits per heavy atom. The molecule has 0 bridgehead atoms. The molecule has 2 N–H and O–H groups in total. The van der Waals surface area contributed by atoms with Crippen LogP contribution in [0.2, 0.25) is 0 Å². The molecule has 0 aliphatic rings. The average Bonchev–Trinajstić information content (AvgIpc) is 2.38. The first-order valence-electron chi connectivity index (χ1n) is 5.88. The van der Waals surface area contributed by atoms with E-state index < -0.39 is 6.04 Å². The first-order valence-corrected chi connectivity index (χ1v) is 7.46. The summed E-state index contributed by atoms with van der Waals surface area (Å²) in [5.41, 5.74) is 9.80. The molecule has 0 aliphatic heterocycles. The van der Waals surface area contributed by atoms with Gasteiger partial charge in [-0.3, -0.25) is 0 Å². The Morgan fingerprint density at radius 2 is 1.68 bits per heavy atom. The summed E-state index contributed by atoms with van der Waals surface area (Å²) in [5.74, 6) is -0.298. The average molecular weight is 387 g/mol. The number of nitrogens with two attached hydrogens (primary N) is 1. The zero-order valence-electron chi connectivity index (χ0n) is 10.7. The Kier molecular flexibility index (Phi) is 4.43. The molecule has 0 aliphatic carbocycles. The minimum atomic E-state index is -0.469. The molecule has 0 saturated carbocycles. The minimum Gasteiger partial charge on any atom is -0.320 e. The van der Waals surface area contributed by atoms with Crippen LogP contribution in [0.1, 0.15) is 28.3 Å². The molecule has 4 heteroatoms. The van der Waals surface area contributed by atoms with Crippen LogP contribution in [0.15, 0.2) is 39.3 Å². The van der Waals surface area contributed by atoms with Crippen molar-refractivity contribution in [1.29, 1.82) is 0 Å². The second kappa shape index (κ2) is 5.73. The van der Waals surface area contributed by atoms with Crippen LogP contribution in [0.25, 0.3) is 0 Å². The van der Waals surface area contributed by atoms with Gasteiger partial charge in [0, 0.05) is 10.0 Å². The molecule has 0 amide bonds. The van der Waals surface area contributed by atoms with Gasteiger partial charge in [0.25, 0.3) is 0 Å². The largest absolute Gasteiger partial charge is 0.320 e. The van der Waals surface area contributed by atoms with Gasteiger partial charge in [-0.1, -0.05) is 40.2 Å². The van der Waals surface area contributed by atoms with E-state index in [4.69, 9.17) is 5.73 Å². The van der Waals surface area contributed by atoms with Gasteiger partial charge in [0.15, 0.2) is 0 Å². The van der Waals surface area contributed by atoms with E-state index in [2.05, 4.69) is 31.9 Å². The Morgan fingerprint density at radius 3 is 2.26 bits per heavy atom. The zero-order chi connectivity index (χ0) is 14.2. The van der Waals surface area contributed by atoms with E-state index in [1.807, 2.05) is 26.0 Å². The monoisotopic (exact) mass is 385 g/mol. The summed E-state index contributed by atoms with van der Waals surface area (Å²) >= 11 is 6.71. The minimum absolute atomic E-state index is 0.298. The van der Waals surface area contributed by atoms with Crippen LogP contribution >= 0.6 is 31.9 Å². The summed E-state index contributed by atoms with van der Waals surface area (Å²) in [7, 11) is 0. The second-order valence-corrected chi connectivity index (χ2v) is 6.24. The van der Waals surface area contributed by atoms with Crippen molar-refractivity contribution in [2.45, 2.75) is 19.9 Å². The lowest BCUT2D eigenvalue weighted by Gasteiger charge is -2.16. The smallest absolute Gasteiger partial charge is 0.142 e. The van der Waals surface area contributed by atoms with E-state index in [1.165, 1.54) is 0 Å². The Bertz CT molecular complexity index is 603. The van der Waals surface area contributed by atoms with E-state index in [0.717, 1.165) is 21.2 Å². The molecule has 19 heavy (non-hydrogen) atoms. The number of hydrogen-bond acceptors (Lipinski definition) is 1. The molecule has 1 atom stereocenters. The molecule has 2 aromatic carbocycles.